The zero-order valence-corrected chi connectivity index (χ0v) is 16.7. The lowest BCUT2D eigenvalue weighted by Crippen LogP contribution is -2.05. The molecule has 0 spiro atoms. The number of hydrogen-bond donors (Lipinski definition) is 3. The standard InChI is InChI=1S/C21H18FN3O4S/c1-13(26)24-15-6-8-17(9-7-15)30-20-5-3-2-4-14(20)12-23-16-10-18(22)21(27)19(11-16)25(28)29/h2-11,23,27H,12H2,1H3,(H,24,26). The molecule has 30 heavy (non-hydrogen) atoms. The van der Waals surface area contributed by atoms with Crippen molar-refractivity contribution < 1.29 is 19.2 Å². The summed E-state index contributed by atoms with van der Waals surface area (Å²) in [6, 6.07) is 17.1. The first-order valence-electron chi connectivity index (χ1n) is 8.87. The van der Waals surface area contributed by atoms with Gasteiger partial charge in [0.05, 0.1) is 4.92 Å². The number of hydrogen-bond acceptors (Lipinski definition) is 6. The highest BCUT2D eigenvalue weighted by molar-refractivity contribution is 7.99. The van der Waals surface area contributed by atoms with Crippen molar-refractivity contribution in [2.24, 2.45) is 0 Å². The minimum absolute atomic E-state index is 0.141. The van der Waals surface area contributed by atoms with Gasteiger partial charge < -0.3 is 15.7 Å². The Morgan fingerprint density at radius 2 is 1.83 bits per heavy atom. The predicted molar refractivity (Wildman–Crippen MR) is 113 cm³/mol. The van der Waals surface area contributed by atoms with Gasteiger partial charge in [0.25, 0.3) is 0 Å². The van der Waals surface area contributed by atoms with E-state index in [0.29, 0.717) is 12.2 Å². The SMILES string of the molecule is CC(=O)Nc1ccc(Sc2ccccc2CNc2cc(F)c(O)c([N+](=O)[O-])c2)cc1. The lowest BCUT2D eigenvalue weighted by Gasteiger charge is -2.12. The van der Waals surface area contributed by atoms with Gasteiger partial charge in [-0.25, -0.2) is 4.39 Å². The van der Waals surface area contributed by atoms with Crippen LogP contribution < -0.4 is 10.6 Å². The van der Waals surface area contributed by atoms with Gasteiger partial charge in [-0.15, -0.1) is 0 Å². The van der Waals surface area contributed by atoms with Crippen molar-refractivity contribution in [1.82, 2.24) is 0 Å². The van der Waals surface area contributed by atoms with E-state index in [1.54, 1.807) is 0 Å². The number of nitro groups is 1. The first-order valence-corrected chi connectivity index (χ1v) is 9.69. The Labute approximate surface area is 176 Å². The smallest absolute Gasteiger partial charge is 0.315 e. The summed E-state index contributed by atoms with van der Waals surface area (Å²) in [4.78, 5) is 23.2. The zero-order chi connectivity index (χ0) is 21.7. The van der Waals surface area contributed by atoms with E-state index in [1.807, 2.05) is 48.5 Å². The number of carbonyl (C=O) groups excluding carboxylic acids is 1. The van der Waals surface area contributed by atoms with E-state index in [0.717, 1.165) is 27.5 Å². The lowest BCUT2D eigenvalue weighted by atomic mass is 10.2. The summed E-state index contributed by atoms with van der Waals surface area (Å²) in [7, 11) is 0. The first-order chi connectivity index (χ1) is 14.3. The molecule has 0 aliphatic heterocycles. The normalized spacial score (nSPS) is 10.5. The highest BCUT2D eigenvalue weighted by Gasteiger charge is 2.19. The van der Waals surface area contributed by atoms with E-state index in [2.05, 4.69) is 10.6 Å². The first kappa shape index (κ1) is 21.1. The van der Waals surface area contributed by atoms with Crippen molar-refractivity contribution in [2.75, 3.05) is 10.6 Å². The molecule has 0 aromatic heterocycles. The summed E-state index contributed by atoms with van der Waals surface area (Å²) >= 11 is 1.52. The monoisotopic (exact) mass is 427 g/mol. The Kier molecular flexibility index (Phi) is 6.53. The third-order valence-corrected chi connectivity index (χ3v) is 5.22. The molecule has 0 saturated heterocycles. The number of nitrogens with zero attached hydrogens (tertiary/aromatic N) is 1. The van der Waals surface area contributed by atoms with E-state index >= 15 is 0 Å². The average Bonchev–Trinajstić information content (AvgIpc) is 2.70. The van der Waals surface area contributed by atoms with Gasteiger partial charge in [-0.05, 0) is 35.9 Å². The molecule has 3 N–H and O–H groups in total. The number of anilines is 2. The van der Waals surface area contributed by atoms with Crippen molar-refractivity contribution in [3.8, 4) is 5.75 Å². The second-order valence-corrected chi connectivity index (χ2v) is 7.47. The number of aromatic hydroxyl groups is 1. The van der Waals surface area contributed by atoms with Gasteiger partial charge in [0.15, 0.2) is 5.82 Å². The lowest BCUT2D eigenvalue weighted by molar-refractivity contribution is -0.386. The Balaban J connectivity index is 1.75. The zero-order valence-electron chi connectivity index (χ0n) is 15.9. The molecule has 0 fully saturated rings. The Morgan fingerprint density at radius 1 is 1.13 bits per heavy atom. The van der Waals surface area contributed by atoms with Crippen molar-refractivity contribution in [3.05, 3.63) is 82.2 Å². The molecular formula is C21H18FN3O4S. The maximum absolute atomic E-state index is 13.8. The largest absolute Gasteiger partial charge is 0.500 e. The van der Waals surface area contributed by atoms with Gasteiger partial charge in [0.2, 0.25) is 11.7 Å². The van der Waals surface area contributed by atoms with Crippen molar-refractivity contribution in [1.29, 1.82) is 0 Å². The van der Waals surface area contributed by atoms with Crippen LogP contribution >= 0.6 is 11.8 Å². The van der Waals surface area contributed by atoms with Crippen LogP contribution in [0, 0.1) is 15.9 Å². The summed E-state index contributed by atoms with van der Waals surface area (Å²) < 4.78 is 13.8. The molecule has 7 nitrogen and oxygen atoms in total. The minimum Gasteiger partial charge on any atom is -0.500 e. The van der Waals surface area contributed by atoms with Gasteiger partial charge in [-0.3, -0.25) is 14.9 Å². The Hall–Kier alpha value is -3.59. The number of amides is 1. The molecule has 0 saturated carbocycles. The fraction of sp³-hybridized carbons (Fsp3) is 0.0952. The highest BCUT2D eigenvalue weighted by Crippen LogP contribution is 2.34. The molecule has 1 amide bonds. The molecule has 0 aliphatic carbocycles. The summed E-state index contributed by atoms with van der Waals surface area (Å²) in [6.07, 6.45) is 0. The second-order valence-electron chi connectivity index (χ2n) is 6.35. The van der Waals surface area contributed by atoms with Crippen LogP contribution in [-0.2, 0) is 11.3 Å². The van der Waals surface area contributed by atoms with Gasteiger partial charge in [0, 0.05) is 46.8 Å². The van der Waals surface area contributed by atoms with E-state index < -0.39 is 22.2 Å². The summed E-state index contributed by atoms with van der Waals surface area (Å²) in [5.74, 6) is -2.18. The highest BCUT2D eigenvalue weighted by atomic mass is 32.2. The number of nitro benzene ring substituents is 1. The number of benzene rings is 3. The quantitative estimate of drug-likeness (QED) is 0.273. The maximum atomic E-state index is 13.8. The van der Waals surface area contributed by atoms with Gasteiger partial charge in [-0.2, -0.15) is 0 Å². The summed E-state index contributed by atoms with van der Waals surface area (Å²) in [6.45, 7) is 1.75. The molecule has 3 aromatic rings. The molecule has 3 aromatic carbocycles. The topological polar surface area (TPSA) is 104 Å². The molecule has 3 rings (SSSR count). The number of phenols is 1. The molecule has 0 aliphatic rings. The third kappa shape index (κ3) is 5.26. The second kappa shape index (κ2) is 9.27. The van der Waals surface area contributed by atoms with Crippen molar-refractivity contribution in [2.45, 2.75) is 23.3 Å². The van der Waals surface area contributed by atoms with Gasteiger partial charge in [0.1, 0.15) is 0 Å². The maximum Gasteiger partial charge on any atom is 0.315 e. The van der Waals surface area contributed by atoms with Crippen molar-refractivity contribution in [3.63, 3.8) is 0 Å². The fourth-order valence-electron chi connectivity index (χ4n) is 2.71. The molecule has 0 bridgehead atoms. The van der Waals surface area contributed by atoms with Crippen LogP contribution in [0.1, 0.15) is 12.5 Å². The summed E-state index contributed by atoms with van der Waals surface area (Å²) in [5.41, 5.74) is 1.11. The molecular weight excluding hydrogens is 409 g/mol. The third-order valence-electron chi connectivity index (χ3n) is 4.10. The van der Waals surface area contributed by atoms with Crippen LogP contribution in [0.4, 0.5) is 21.5 Å². The number of carbonyl (C=O) groups is 1. The average molecular weight is 427 g/mol. The molecule has 154 valence electrons. The molecule has 0 atom stereocenters. The number of nitrogens with one attached hydrogen (secondary N) is 2. The fourth-order valence-corrected chi connectivity index (χ4v) is 3.65. The van der Waals surface area contributed by atoms with Gasteiger partial charge in [-0.1, -0.05) is 30.0 Å². The number of phenolic OH excluding ortho intramolecular Hbond substituents is 1. The van der Waals surface area contributed by atoms with Crippen molar-refractivity contribution >= 4 is 34.7 Å². The van der Waals surface area contributed by atoms with E-state index in [-0.39, 0.29) is 11.6 Å². The van der Waals surface area contributed by atoms with Gasteiger partial charge >= 0.3 is 5.69 Å². The minimum atomic E-state index is -1.06. The van der Waals surface area contributed by atoms with Crippen LogP contribution in [0.3, 0.4) is 0 Å². The number of halogens is 1. The van der Waals surface area contributed by atoms with Crippen LogP contribution in [-0.4, -0.2) is 15.9 Å². The Bertz CT molecular complexity index is 1090. The summed E-state index contributed by atoms with van der Waals surface area (Å²) in [5, 5.41) is 26.1. The van der Waals surface area contributed by atoms with Crippen LogP contribution in [0.2, 0.25) is 0 Å². The van der Waals surface area contributed by atoms with E-state index in [1.165, 1.54) is 18.7 Å². The Morgan fingerprint density at radius 3 is 2.50 bits per heavy atom. The molecule has 0 heterocycles. The van der Waals surface area contributed by atoms with E-state index in [9.17, 15) is 24.4 Å². The molecule has 0 unspecified atom stereocenters. The van der Waals surface area contributed by atoms with Crippen LogP contribution in [0.15, 0.2) is 70.5 Å². The molecule has 0 radical (unpaired) electrons. The number of rotatable bonds is 7. The molecule has 9 heteroatoms. The predicted octanol–water partition coefficient (Wildman–Crippen LogP) is 5.16. The van der Waals surface area contributed by atoms with Crippen LogP contribution in [0.5, 0.6) is 5.75 Å². The van der Waals surface area contributed by atoms with Crippen LogP contribution in [0.25, 0.3) is 0 Å². The van der Waals surface area contributed by atoms with E-state index in [4.69, 9.17) is 0 Å².